The smallest absolute Gasteiger partial charge is 0.166 e. The van der Waals surface area contributed by atoms with Gasteiger partial charge in [0.25, 0.3) is 0 Å². The standard InChI is InChI=1S/C64H46F12Si2/c1-77-57(45-23-27-49(28-24-45)61(65,66)67)53(41-15-7-3-8-16-41)55(43-19-11-5-12-20-43)59(77,47-31-35-51(36-32-47)63(71,72)73)39-40-60(48-33-37-52(38-34-48)64(74,75)76)56(44-21-13-6-14-22-44)54(42-17-9-4-10-18-42)58(78(60)2)46-25-29-50(30-26-46)62(68,69)70/h3-38H,39-40H2,1-2H3. The van der Waals surface area contributed by atoms with Gasteiger partial charge >= 0.3 is 24.7 Å². The maximum absolute atomic E-state index is 14.7. The first-order valence-electron chi connectivity index (χ1n) is 24.9. The Kier molecular flexibility index (Phi) is 14.1. The van der Waals surface area contributed by atoms with Gasteiger partial charge in [-0.3, -0.25) is 0 Å². The molecule has 2 atom stereocenters. The van der Waals surface area contributed by atoms with Crippen LogP contribution in [-0.2, 0) is 34.8 Å². The number of allylic oxidation sites excluding steroid dienone is 4. The molecule has 2 unspecified atom stereocenters. The van der Waals surface area contributed by atoms with Crippen molar-refractivity contribution in [2.45, 2.75) is 60.7 Å². The molecular formula is C64H46F12Si2. The Balaban J connectivity index is 1.36. The minimum Gasteiger partial charge on any atom is -0.166 e. The topological polar surface area (TPSA) is 0 Å². The zero-order valence-corrected chi connectivity index (χ0v) is 43.7. The molecule has 0 saturated carbocycles. The van der Waals surface area contributed by atoms with Crippen LogP contribution < -0.4 is 0 Å². The second-order valence-electron chi connectivity index (χ2n) is 19.6. The van der Waals surface area contributed by atoms with E-state index in [-0.39, 0.29) is 12.8 Å². The van der Waals surface area contributed by atoms with Crippen molar-refractivity contribution < 1.29 is 52.7 Å². The summed E-state index contributed by atoms with van der Waals surface area (Å²) in [5, 5.41) is -1.08. The van der Waals surface area contributed by atoms with Gasteiger partial charge in [-0.1, -0.05) is 183 Å². The first-order valence-corrected chi connectivity index (χ1v) is 28.9. The lowest BCUT2D eigenvalue weighted by molar-refractivity contribution is -0.138. The van der Waals surface area contributed by atoms with Crippen molar-refractivity contribution in [3.63, 3.8) is 0 Å². The van der Waals surface area contributed by atoms with Gasteiger partial charge in [-0.15, -0.1) is 0 Å². The molecular weight excluding hydrogens is 1050 g/mol. The van der Waals surface area contributed by atoms with Gasteiger partial charge in [0, 0.05) is 26.9 Å². The molecule has 0 aliphatic carbocycles. The highest BCUT2D eigenvalue weighted by Crippen LogP contribution is 2.58. The molecule has 14 heteroatoms. The van der Waals surface area contributed by atoms with Crippen molar-refractivity contribution in [2.75, 3.05) is 0 Å². The van der Waals surface area contributed by atoms with Gasteiger partial charge in [0.15, 0.2) is 0 Å². The fourth-order valence-electron chi connectivity index (χ4n) is 11.9. The summed E-state index contributed by atoms with van der Waals surface area (Å²) in [6.07, 6.45) is -18.5. The zero-order valence-electron chi connectivity index (χ0n) is 41.7. The van der Waals surface area contributed by atoms with Crippen LogP contribution in [0.1, 0.15) is 79.6 Å². The van der Waals surface area contributed by atoms with E-state index in [0.717, 1.165) is 58.9 Å². The van der Waals surface area contributed by atoms with E-state index >= 15 is 0 Å². The van der Waals surface area contributed by atoms with E-state index in [9.17, 15) is 52.7 Å². The van der Waals surface area contributed by atoms with Crippen LogP contribution in [0.4, 0.5) is 52.7 Å². The largest absolute Gasteiger partial charge is 0.416 e. The molecule has 0 amide bonds. The Labute approximate surface area is 446 Å². The van der Waals surface area contributed by atoms with Crippen LogP contribution in [0.2, 0.25) is 13.1 Å². The summed E-state index contributed by atoms with van der Waals surface area (Å²) >= 11 is 0. The molecule has 2 heterocycles. The van der Waals surface area contributed by atoms with Gasteiger partial charge in [0.1, 0.15) is 0 Å². The molecule has 78 heavy (non-hydrogen) atoms. The fraction of sp³-hybridized carbons (Fsp3) is 0.156. The lowest BCUT2D eigenvalue weighted by Crippen LogP contribution is -2.43. The lowest BCUT2D eigenvalue weighted by Gasteiger charge is -2.42. The third kappa shape index (κ3) is 9.71. The van der Waals surface area contributed by atoms with Gasteiger partial charge in [0.2, 0.25) is 0 Å². The Morgan fingerprint density at radius 3 is 0.756 bits per heavy atom. The molecule has 0 spiro atoms. The summed E-state index contributed by atoms with van der Waals surface area (Å²) in [6, 6.07) is 56.9. The minimum atomic E-state index is -4.73. The molecule has 8 aromatic rings. The van der Waals surface area contributed by atoms with Crippen molar-refractivity contribution >= 4 is 49.4 Å². The van der Waals surface area contributed by atoms with E-state index in [4.69, 9.17) is 0 Å². The van der Waals surface area contributed by atoms with Crippen molar-refractivity contribution in [3.05, 3.63) is 285 Å². The molecule has 394 valence electrons. The van der Waals surface area contributed by atoms with Gasteiger partial charge in [-0.2, -0.15) is 52.7 Å². The Hall–Kier alpha value is -7.43. The van der Waals surface area contributed by atoms with Gasteiger partial charge in [-0.05, 0) is 139 Å². The van der Waals surface area contributed by atoms with E-state index < -0.39 is 73.9 Å². The van der Waals surface area contributed by atoms with Crippen LogP contribution in [0.15, 0.2) is 218 Å². The van der Waals surface area contributed by atoms with E-state index in [0.29, 0.717) is 66.8 Å². The van der Waals surface area contributed by atoms with Gasteiger partial charge in [0.05, 0.1) is 22.3 Å². The Morgan fingerprint density at radius 2 is 0.513 bits per heavy atom. The number of halogens is 12. The summed E-state index contributed by atoms with van der Waals surface area (Å²) in [4.78, 5) is 0. The van der Waals surface area contributed by atoms with Crippen LogP contribution in [0.3, 0.4) is 0 Å². The summed E-state index contributed by atoms with van der Waals surface area (Å²) in [7, 11) is -4.69. The molecule has 10 rings (SSSR count). The third-order valence-electron chi connectivity index (χ3n) is 15.4. The number of hydrogen-bond acceptors (Lipinski definition) is 0. The average Bonchev–Trinajstić information content (AvgIpc) is 3.55. The van der Waals surface area contributed by atoms with E-state index in [1.54, 1.807) is 0 Å². The van der Waals surface area contributed by atoms with E-state index in [1.807, 2.05) is 134 Å². The molecule has 2 aliphatic heterocycles. The second kappa shape index (κ2) is 20.4. The van der Waals surface area contributed by atoms with Gasteiger partial charge in [-0.25, -0.2) is 0 Å². The molecule has 0 nitrogen and oxygen atoms in total. The molecule has 0 saturated heterocycles. The van der Waals surface area contributed by atoms with Crippen LogP contribution in [-0.4, -0.2) is 27.2 Å². The maximum atomic E-state index is 14.7. The van der Waals surface area contributed by atoms with E-state index in [2.05, 4.69) is 0 Å². The van der Waals surface area contributed by atoms with Crippen LogP contribution in [0.25, 0.3) is 22.3 Å². The maximum Gasteiger partial charge on any atom is 0.416 e. The summed E-state index contributed by atoms with van der Waals surface area (Å²) in [6.45, 7) is 4.04. The van der Waals surface area contributed by atoms with Crippen LogP contribution >= 0.6 is 0 Å². The van der Waals surface area contributed by atoms with Crippen molar-refractivity contribution in [2.24, 2.45) is 0 Å². The predicted octanol–water partition coefficient (Wildman–Crippen LogP) is 17.9. The summed E-state index contributed by atoms with van der Waals surface area (Å²) in [5.41, 5.74) is 4.00. The SMILES string of the molecule is C[Si]1=C(c2ccc(C(F)(F)F)cc2)C(c2ccccc2)=C(c2ccccc2)C1(CCC1(c2ccc(C(F)(F)F)cc2)C(c2ccccc2)=C(c2ccccc2)C(c2ccc(C(F)(F)F)cc2)=[Si]1C)c1ccc(C(F)(F)F)cc1. The minimum absolute atomic E-state index is 0.121. The summed E-state index contributed by atoms with van der Waals surface area (Å²) in [5.74, 6) is 0. The highest BCUT2D eigenvalue weighted by molar-refractivity contribution is 6.89. The molecule has 0 aromatic heterocycles. The molecule has 8 aromatic carbocycles. The number of hydrogen-bond donors (Lipinski definition) is 0. The predicted molar refractivity (Wildman–Crippen MR) is 289 cm³/mol. The summed E-state index contributed by atoms with van der Waals surface area (Å²) < 4.78 is 174. The van der Waals surface area contributed by atoms with Crippen LogP contribution in [0, 0.1) is 0 Å². The molecule has 0 radical (unpaired) electrons. The second-order valence-corrected chi connectivity index (χ2v) is 24.8. The number of rotatable bonds is 11. The highest BCUT2D eigenvalue weighted by Gasteiger charge is 2.53. The fourth-order valence-corrected chi connectivity index (χ4v) is 18.7. The quantitative estimate of drug-likeness (QED) is 0.0894. The Bertz CT molecular complexity index is 3370. The van der Waals surface area contributed by atoms with Crippen LogP contribution in [0.5, 0.6) is 0 Å². The van der Waals surface area contributed by atoms with E-state index in [1.165, 1.54) is 48.5 Å². The van der Waals surface area contributed by atoms with Crippen molar-refractivity contribution in [3.8, 4) is 0 Å². The first kappa shape index (κ1) is 54.0. The molecule has 0 N–H and O–H groups in total. The zero-order chi connectivity index (χ0) is 55.4. The monoisotopic (exact) mass is 1100 g/mol. The normalized spacial score (nSPS) is 18.4. The molecule has 2 aliphatic rings. The van der Waals surface area contributed by atoms with Crippen molar-refractivity contribution in [1.82, 2.24) is 0 Å². The molecule has 0 bridgehead atoms. The van der Waals surface area contributed by atoms with Crippen molar-refractivity contribution in [1.29, 1.82) is 0 Å². The average molecular weight is 1100 g/mol. The number of benzene rings is 8. The Morgan fingerprint density at radius 1 is 0.282 bits per heavy atom. The van der Waals surface area contributed by atoms with Gasteiger partial charge < -0.3 is 0 Å². The molecule has 0 fully saturated rings. The highest BCUT2D eigenvalue weighted by atomic mass is 28.2. The number of alkyl halides is 12. The lowest BCUT2D eigenvalue weighted by atomic mass is 9.72. The first-order chi connectivity index (χ1) is 37.0. The third-order valence-corrected chi connectivity index (χ3v) is 22.1.